The number of aliphatic hydroxyl groups is 1. The summed E-state index contributed by atoms with van der Waals surface area (Å²) in [5, 5.41) is 9.00. The smallest absolute Gasteiger partial charge is 0.0682 e. The van der Waals surface area contributed by atoms with Crippen molar-refractivity contribution in [3.8, 4) is 0 Å². The zero-order valence-corrected chi connectivity index (χ0v) is 9.63. The van der Waals surface area contributed by atoms with Crippen molar-refractivity contribution in [1.29, 1.82) is 0 Å². The lowest BCUT2D eigenvalue weighted by Crippen LogP contribution is -1.95. The van der Waals surface area contributed by atoms with E-state index in [1.165, 1.54) is 5.56 Å². The molecule has 0 spiro atoms. The summed E-state index contributed by atoms with van der Waals surface area (Å²) < 4.78 is 1.05. The summed E-state index contributed by atoms with van der Waals surface area (Å²) in [5.41, 5.74) is 2.26. The Labute approximate surface area is 87.9 Å². The first-order chi connectivity index (χ1) is 6.11. The predicted molar refractivity (Wildman–Crippen MR) is 58.6 cm³/mol. The van der Waals surface area contributed by atoms with E-state index in [0.717, 1.165) is 16.5 Å². The van der Waals surface area contributed by atoms with Crippen LogP contribution in [0.5, 0.6) is 0 Å². The molecule has 0 atom stereocenters. The maximum atomic E-state index is 9.00. The van der Waals surface area contributed by atoms with Gasteiger partial charge >= 0.3 is 0 Å². The molecule has 72 valence electrons. The fourth-order valence-corrected chi connectivity index (χ4v) is 1.99. The van der Waals surface area contributed by atoms with Crippen molar-refractivity contribution < 1.29 is 5.11 Å². The number of benzene rings is 1. The number of halogens is 1. The van der Waals surface area contributed by atoms with Crippen LogP contribution in [0.15, 0.2) is 22.7 Å². The summed E-state index contributed by atoms with van der Waals surface area (Å²) in [6.07, 6.45) is 1.06. The molecule has 0 saturated carbocycles. The average molecular weight is 243 g/mol. The Balaban J connectivity index is 2.88. The highest BCUT2D eigenvalue weighted by atomic mass is 79.9. The van der Waals surface area contributed by atoms with E-state index in [0.29, 0.717) is 5.92 Å². The fourth-order valence-electron chi connectivity index (χ4n) is 1.40. The Hall–Kier alpha value is -0.340. The lowest BCUT2D eigenvalue weighted by Gasteiger charge is -2.07. The molecule has 0 amide bonds. The van der Waals surface area contributed by atoms with E-state index in [2.05, 4.69) is 41.9 Å². The maximum Gasteiger partial charge on any atom is 0.0682 e. The summed E-state index contributed by atoms with van der Waals surface area (Å²) in [6.45, 7) is 4.50. The van der Waals surface area contributed by atoms with E-state index in [9.17, 15) is 0 Å². The highest BCUT2D eigenvalue weighted by molar-refractivity contribution is 9.10. The quantitative estimate of drug-likeness (QED) is 0.864. The number of aliphatic hydroxyl groups excluding tert-OH is 1. The van der Waals surface area contributed by atoms with Crippen LogP contribution in [0.3, 0.4) is 0 Å². The van der Waals surface area contributed by atoms with E-state index in [1.54, 1.807) is 0 Å². The molecule has 0 aliphatic carbocycles. The lowest BCUT2D eigenvalue weighted by atomic mass is 10.0. The third-order valence-electron chi connectivity index (χ3n) is 1.84. The summed E-state index contributed by atoms with van der Waals surface area (Å²) >= 11 is 3.43. The van der Waals surface area contributed by atoms with E-state index in [4.69, 9.17) is 5.11 Å². The minimum Gasteiger partial charge on any atom is -0.392 e. The Kier molecular flexibility index (Phi) is 3.94. The normalized spacial score (nSPS) is 10.8. The van der Waals surface area contributed by atoms with Gasteiger partial charge in [-0.3, -0.25) is 0 Å². The van der Waals surface area contributed by atoms with Crippen molar-refractivity contribution in [3.05, 3.63) is 33.8 Å². The van der Waals surface area contributed by atoms with E-state index >= 15 is 0 Å². The van der Waals surface area contributed by atoms with Gasteiger partial charge in [0.15, 0.2) is 0 Å². The van der Waals surface area contributed by atoms with Crippen molar-refractivity contribution >= 4 is 15.9 Å². The van der Waals surface area contributed by atoms with Crippen LogP contribution < -0.4 is 0 Å². The molecule has 1 aromatic carbocycles. The van der Waals surface area contributed by atoms with Crippen LogP contribution in [0.2, 0.25) is 0 Å². The third-order valence-corrected chi connectivity index (χ3v) is 2.30. The van der Waals surface area contributed by atoms with E-state index in [1.807, 2.05) is 6.07 Å². The molecule has 0 bridgehead atoms. The number of rotatable bonds is 3. The Bertz CT molecular complexity index is 281. The lowest BCUT2D eigenvalue weighted by molar-refractivity contribution is 0.281. The second-order valence-corrected chi connectivity index (χ2v) is 4.64. The summed E-state index contributed by atoms with van der Waals surface area (Å²) in [4.78, 5) is 0. The number of hydrogen-bond donors (Lipinski definition) is 1. The highest BCUT2D eigenvalue weighted by Gasteiger charge is 2.01. The van der Waals surface area contributed by atoms with Gasteiger partial charge in [-0.25, -0.2) is 0 Å². The van der Waals surface area contributed by atoms with Crippen molar-refractivity contribution in [2.75, 3.05) is 0 Å². The molecule has 1 N–H and O–H groups in total. The maximum absolute atomic E-state index is 9.00. The van der Waals surface area contributed by atoms with Crippen molar-refractivity contribution in [1.82, 2.24) is 0 Å². The average Bonchev–Trinajstić information content (AvgIpc) is 2.01. The van der Waals surface area contributed by atoms with Gasteiger partial charge in [0.1, 0.15) is 0 Å². The predicted octanol–water partition coefficient (Wildman–Crippen LogP) is 3.14. The van der Waals surface area contributed by atoms with Gasteiger partial charge in [0.2, 0.25) is 0 Å². The fraction of sp³-hybridized carbons (Fsp3) is 0.455. The molecular weight excluding hydrogens is 228 g/mol. The van der Waals surface area contributed by atoms with Crippen molar-refractivity contribution in [2.24, 2.45) is 5.92 Å². The molecule has 1 rings (SSSR count). The molecule has 1 nitrogen and oxygen atoms in total. The van der Waals surface area contributed by atoms with Gasteiger partial charge in [0, 0.05) is 4.47 Å². The van der Waals surface area contributed by atoms with E-state index in [-0.39, 0.29) is 6.61 Å². The van der Waals surface area contributed by atoms with Crippen LogP contribution in [0.1, 0.15) is 25.0 Å². The molecule has 0 radical (unpaired) electrons. The zero-order chi connectivity index (χ0) is 9.84. The van der Waals surface area contributed by atoms with Gasteiger partial charge in [-0.15, -0.1) is 0 Å². The SMILES string of the molecule is CC(C)Cc1cc(Br)cc(CO)c1. The Morgan fingerprint density at radius 1 is 1.23 bits per heavy atom. The zero-order valence-electron chi connectivity index (χ0n) is 8.05. The first kappa shape index (κ1) is 10.7. The second kappa shape index (κ2) is 4.77. The molecule has 0 fully saturated rings. The van der Waals surface area contributed by atoms with Crippen LogP contribution >= 0.6 is 15.9 Å². The van der Waals surface area contributed by atoms with Gasteiger partial charge in [0.05, 0.1) is 6.61 Å². The topological polar surface area (TPSA) is 20.2 Å². The van der Waals surface area contributed by atoms with Gasteiger partial charge < -0.3 is 5.11 Å². The molecule has 13 heavy (non-hydrogen) atoms. The van der Waals surface area contributed by atoms with Gasteiger partial charge in [0.25, 0.3) is 0 Å². The molecule has 0 aliphatic rings. The summed E-state index contributed by atoms with van der Waals surface area (Å²) in [7, 11) is 0. The van der Waals surface area contributed by atoms with Crippen LogP contribution in [0.4, 0.5) is 0 Å². The molecule has 0 unspecified atom stereocenters. The monoisotopic (exact) mass is 242 g/mol. The van der Waals surface area contributed by atoms with Crippen LogP contribution in [-0.2, 0) is 13.0 Å². The second-order valence-electron chi connectivity index (χ2n) is 3.72. The minimum absolute atomic E-state index is 0.116. The number of hydrogen-bond acceptors (Lipinski definition) is 1. The summed E-state index contributed by atoms with van der Waals surface area (Å²) in [5.74, 6) is 0.654. The molecule has 0 saturated heterocycles. The van der Waals surface area contributed by atoms with Crippen LogP contribution in [-0.4, -0.2) is 5.11 Å². The third kappa shape index (κ3) is 3.49. The summed E-state index contributed by atoms with van der Waals surface area (Å²) in [6, 6.07) is 6.12. The largest absolute Gasteiger partial charge is 0.392 e. The Morgan fingerprint density at radius 3 is 2.38 bits per heavy atom. The molecule has 2 heteroatoms. The minimum atomic E-state index is 0.116. The van der Waals surface area contributed by atoms with Crippen molar-refractivity contribution in [3.63, 3.8) is 0 Å². The molecule has 1 aromatic rings. The highest BCUT2D eigenvalue weighted by Crippen LogP contribution is 2.18. The van der Waals surface area contributed by atoms with E-state index < -0.39 is 0 Å². The van der Waals surface area contributed by atoms with Gasteiger partial charge in [-0.2, -0.15) is 0 Å². The van der Waals surface area contributed by atoms with Crippen LogP contribution in [0.25, 0.3) is 0 Å². The van der Waals surface area contributed by atoms with Crippen LogP contribution in [0, 0.1) is 5.92 Å². The standard InChI is InChI=1S/C11H15BrO/c1-8(2)3-9-4-10(7-13)6-11(12)5-9/h4-6,8,13H,3,7H2,1-2H3. The first-order valence-electron chi connectivity index (χ1n) is 4.51. The molecule has 0 aliphatic heterocycles. The molecule has 0 heterocycles. The van der Waals surface area contributed by atoms with Gasteiger partial charge in [-0.1, -0.05) is 35.8 Å². The Morgan fingerprint density at radius 2 is 1.85 bits per heavy atom. The van der Waals surface area contributed by atoms with Gasteiger partial charge in [-0.05, 0) is 35.6 Å². The van der Waals surface area contributed by atoms with Crippen molar-refractivity contribution in [2.45, 2.75) is 26.9 Å². The first-order valence-corrected chi connectivity index (χ1v) is 5.30. The molecule has 0 aromatic heterocycles. The molecular formula is C11H15BrO.